The van der Waals surface area contributed by atoms with Crippen molar-refractivity contribution in [3.05, 3.63) is 86.9 Å². The lowest BCUT2D eigenvalue weighted by Gasteiger charge is -2.13. The Morgan fingerprint density at radius 1 is 1.14 bits per heavy atom. The van der Waals surface area contributed by atoms with Crippen molar-refractivity contribution in [1.82, 2.24) is 14.5 Å². The second-order valence-electron chi connectivity index (χ2n) is 6.73. The molecule has 2 aromatic heterocycles. The molecule has 7 heteroatoms. The minimum absolute atomic E-state index is 0.0168. The molecule has 5 nitrogen and oxygen atoms in total. The third kappa shape index (κ3) is 3.86. The van der Waals surface area contributed by atoms with Gasteiger partial charge in [-0.3, -0.25) is 14.2 Å². The van der Waals surface area contributed by atoms with E-state index in [4.69, 9.17) is 11.6 Å². The number of nitrogens with one attached hydrogen (secondary N) is 1. The number of nitrogens with zero attached hydrogens (tertiary/aromatic N) is 2. The van der Waals surface area contributed by atoms with Crippen LogP contribution < -0.4 is 5.56 Å². The Hall–Kier alpha value is -2.83. The Kier molecular flexibility index (Phi) is 5.30. The fourth-order valence-corrected chi connectivity index (χ4v) is 4.35. The van der Waals surface area contributed by atoms with Gasteiger partial charge in [0.25, 0.3) is 5.56 Å². The van der Waals surface area contributed by atoms with Crippen molar-refractivity contribution in [2.45, 2.75) is 19.0 Å². The Morgan fingerprint density at radius 3 is 2.66 bits per heavy atom. The number of aromatic amines is 1. The number of aromatic nitrogens is 3. The van der Waals surface area contributed by atoms with Gasteiger partial charge in [0, 0.05) is 22.0 Å². The van der Waals surface area contributed by atoms with Gasteiger partial charge in [0.2, 0.25) is 0 Å². The summed E-state index contributed by atoms with van der Waals surface area (Å²) in [5, 5.41) is 1.49. The highest BCUT2D eigenvalue weighted by Gasteiger charge is 2.17. The number of Topliss-reactive ketones (excluding diaryl/α,β-unsaturated/α-hetero) is 1. The molecular formula is C22H18ClN3O2S. The number of thioether (sulfide) groups is 1. The summed E-state index contributed by atoms with van der Waals surface area (Å²) in [7, 11) is 0. The predicted molar refractivity (Wildman–Crippen MR) is 118 cm³/mol. The maximum atomic E-state index is 13.2. The van der Waals surface area contributed by atoms with Gasteiger partial charge in [-0.05, 0) is 50.2 Å². The minimum atomic E-state index is -0.193. The Bertz CT molecular complexity index is 1290. The van der Waals surface area contributed by atoms with Gasteiger partial charge >= 0.3 is 0 Å². The van der Waals surface area contributed by atoms with E-state index in [9.17, 15) is 9.59 Å². The molecule has 0 saturated heterocycles. The molecule has 0 amide bonds. The van der Waals surface area contributed by atoms with Crippen molar-refractivity contribution in [3.8, 4) is 5.69 Å². The number of para-hydroxylation sites is 1. The molecule has 4 aromatic rings. The topological polar surface area (TPSA) is 67.8 Å². The van der Waals surface area contributed by atoms with Crippen LogP contribution in [0, 0.1) is 13.8 Å². The van der Waals surface area contributed by atoms with E-state index in [-0.39, 0.29) is 17.1 Å². The van der Waals surface area contributed by atoms with Crippen LogP contribution in [0.25, 0.3) is 16.6 Å². The lowest BCUT2D eigenvalue weighted by atomic mass is 10.2. The second-order valence-corrected chi connectivity index (χ2v) is 8.11. The van der Waals surface area contributed by atoms with Gasteiger partial charge in [-0.2, -0.15) is 0 Å². The van der Waals surface area contributed by atoms with E-state index in [1.807, 2.05) is 26.0 Å². The number of ketones is 1. The van der Waals surface area contributed by atoms with Gasteiger partial charge < -0.3 is 4.98 Å². The van der Waals surface area contributed by atoms with Crippen LogP contribution in [0.5, 0.6) is 0 Å². The zero-order chi connectivity index (χ0) is 20.5. The van der Waals surface area contributed by atoms with E-state index in [1.165, 1.54) is 16.3 Å². The second kappa shape index (κ2) is 7.89. The molecule has 0 atom stereocenters. The van der Waals surface area contributed by atoms with Crippen LogP contribution in [-0.4, -0.2) is 26.1 Å². The molecule has 1 N–H and O–H groups in total. The number of halogens is 1. The number of hydrogen-bond donors (Lipinski definition) is 1. The number of rotatable bonds is 5. The van der Waals surface area contributed by atoms with Crippen LogP contribution >= 0.6 is 23.4 Å². The molecule has 2 aromatic carbocycles. The predicted octanol–water partition coefficient (Wildman–Crippen LogP) is 4.96. The molecule has 4 rings (SSSR count). The monoisotopic (exact) mass is 423 g/mol. The van der Waals surface area contributed by atoms with Crippen LogP contribution in [0.4, 0.5) is 0 Å². The van der Waals surface area contributed by atoms with E-state index < -0.39 is 0 Å². The van der Waals surface area contributed by atoms with Gasteiger partial charge in [0.05, 0.1) is 22.3 Å². The first kappa shape index (κ1) is 19.5. The first-order valence-electron chi connectivity index (χ1n) is 9.04. The van der Waals surface area contributed by atoms with Gasteiger partial charge in [-0.15, -0.1) is 0 Å². The molecular weight excluding hydrogens is 406 g/mol. The highest BCUT2D eigenvalue weighted by Crippen LogP contribution is 2.24. The zero-order valence-electron chi connectivity index (χ0n) is 15.9. The molecule has 0 aliphatic rings. The first-order chi connectivity index (χ1) is 13.9. The van der Waals surface area contributed by atoms with E-state index in [1.54, 1.807) is 42.5 Å². The number of aryl methyl sites for hydroxylation is 2. The SMILES string of the molecule is Cc1cc(C(=O)CSc2nc3ccccc3c(=O)n2-c2cccc(Cl)c2)c(C)[nH]1. The van der Waals surface area contributed by atoms with E-state index in [2.05, 4.69) is 9.97 Å². The molecule has 0 unspecified atom stereocenters. The summed E-state index contributed by atoms with van der Waals surface area (Å²) in [6, 6.07) is 16.1. The number of carbonyl (C=O) groups is 1. The number of H-pyrrole nitrogens is 1. The van der Waals surface area contributed by atoms with Gasteiger partial charge in [0.15, 0.2) is 10.9 Å². The standard InChI is InChI=1S/C22H18ClN3O2S/c1-13-10-18(14(2)24-13)20(27)12-29-22-25-19-9-4-3-8-17(19)21(28)26(22)16-7-5-6-15(23)11-16/h3-11,24H,12H2,1-2H3. The molecule has 0 aliphatic carbocycles. The van der Waals surface area contributed by atoms with Crippen molar-refractivity contribution in [3.63, 3.8) is 0 Å². The third-order valence-electron chi connectivity index (χ3n) is 4.59. The smallest absolute Gasteiger partial charge is 0.266 e. The van der Waals surface area contributed by atoms with Crippen LogP contribution in [0.15, 0.2) is 64.5 Å². The maximum Gasteiger partial charge on any atom is 0.266 e. The van der Waals surface area contributed by atoms with Crippen molar-refractivity contribution < 1.29 is 4.79 Å². The highest BCUT2D eigenvalue weighted by atomic mass is 35.5. The third-order valence-corrected chi connectivity index (χ3v) is 5.77. The van der Waals surface area contributed by atoms with Crippen molar-refractivity contribution in [2.24, 2.45) is 0 Å². The van der Waals surface area contributed by atoms with E-state index in [0.29, 0.717) is 32.3 Å². The highest BCUT2D eigenvalue weighted by molar-refractivity contribution is 7.99. The quantitative estimate of drug-likeness (QED) is 0.280. The molecule has 0 saturated carbocycles. The normalized spacial score (nSPS) is 11.1. The largest absolute Gasteiger partial charge is 0.362 e. The summed E-state index contributed by atoms with van der Waals surface area (Å²) in [4.78, 5) is 33.7. The van der Waals surface area contributed by atoms with Gasteiger partial charge in [-0.25, -0.2) is 4.98 Å². The van der Waals surface area contributed by atoms with Crippen LogP contribution in [-0.2, 0) is 0 Å². The van der Waals surface area contributed by atoms with Gasteiger partial charge in [0.1, 0.15) is 0 Å². The molecule has 2 heterocycles. The molecule has 0 fully saturated rings. The Labute approximate surface area is 176 Å². The Balaban J connectivity index is 1.78. The lowest BCUT2D eigenvalue weighted by molar-refractivity contribution is 0.102. The van der Waals surface area contributed by atoms with Crippen molar-refractivity contribution in [2.75, 3.05) is 5.75 Å². The summed E-state index contributed by atoms with van der Waals surface area (Å²) in [6.45, 7) is 3.79. The molecule has 0 spiro atoms. The van der Waals surface area contributed by atoms with Gasteiger partial charge in [-0.1, -0.05) is 41.6 Å². The average Bonchev–Trinajstić information content (AvgIpc) is 3.04. The molecule has 0 radical (unpaired) electrons. The van der Waals surface area contributed by atoms with E-state index in [0.717, 1.165) is 11.4 Å². The lowest BCUT2D eigenvalue weighted by Crippen LogP contribution is -2.22. The van der Waals surface area contributed by atoms with Crippen molar-refractivity contribution >= 4 is 40.0 Å². The van der Waals surface area contributed by atoms with Crippen LogP contribution in [0.3, 0.4) is 0 Å². The maximum absolute atomic E-state index is 13.2. The minimum Gasteiger partial charge on any atom is -0.362 e. The zero-order valence-corrected chi connectivity index (χ0v) is 17.5. The summed E-state index contributed by atoms with van der Waals surface area (Å²) in [6.07, 6.45) is 0. The fourth-order valence-electron chi connectivity index (χ4n) is 3.27. The summed E-state index contributed by atoms with van der Waals surface area (Å²) in [5.74, 6) is 0.153. The number of hydrogen-bond acceptors (Lipinski definition) is 4. The summed E-state index contributed by atoms with van der Waals surface area (Å²) >= 11 is 7.39. The fraction of sp³-hybridized carbons (Fsp3) is 0.136. The molecule has 0 bridgehead atoms. The average molecular weight is 424 g/mol. The number of benzene rings is 2. The molecule has 146 valence electrons. The molecule has 0 aliphatic heterocycles. The van der Waals surface area contributed by atoms with Crippen LogP contribution in [0.2, 0.25) is 5.02 Å². The van der Waals surface area contributed by atoms with E-state index >= 15 is 0 Å². The Morgan fingerprint density at radius 2 is 1.93 bits per heavy atom. The summed E-state index contributed by atoms with van der Waals surface area (Å²) < 4.78 is 1.52. The molecule has 29 heavy (non-hydrogen) atoms. The number of carbonyl (C=O) groups excluding carboxylic acids is 1. The summed E-state index contributed by atoms with van der Waals surface area (Å²) in [5.41, 5.74) is 3.46. The van der Waals surface area contributed by atoms with Crippen LogP contribution in [0.1, 0.15) is 21.7 Å². The number of fused-ring (bicyclic) bond motifs is 1. The first-order valence-corrected chi connectivity index (χ1v) is 10.4. The van der Waals surface area contributed by atoms with Crippen molar-refractivity contribution in [1.29, 1.82) is 0 Å².